The van der Waals surface area contributed by atoms with E-state index in [4.69, 9.17) is 9.05 Å². The molecular formula is C20H22NO3P. The lowest BCUT2D eigenvalue weighted by molar-refractivity contribution is 0.348. The van der Waals surface area contributed by atoms with E-state index in [9.17, 15) is 4.57 Å². The summed E-state index contributed by atoms with van der Waals surface area (Å²) in [5.41, 5.74) is 3.62. The smallest absolute Gasteiger partial charge is 0.404 e. The second kappa shape index (κ2) is 6.91. The summed E-state index contributed by atoms with van der Waals surface area (Å²) in [6, 6.07) is 11.3. The Kier molecular flexibility index (Phi) is 4.85. The van der Waals surface area contributed by atoms with Gasteiger partial charge in [-0.1, -0.05) is 48.6 Å². The first-order valence-corrected chi connectivity index (χ1v) is 9.70. The number of benzene rings is 2. The summed E-state index contributed by atoms with van der Waals surface area (Å²) in [6.45, 7) is 11.5. The third-order valence-electron chi connectivity index (χ3n) is 4.19. The first kappa shape index (κ1) is 17.5. The van der Waals surface area contributed by atoms with Crippen molar-refractivity contribution < 1.29 is 13.6 Å². The average Bonchev–Trinajstić information content (AvgIpc) is 2.58. The van der Waals surface area contributed by atoms with Crippen LogP contribution in [0.4, 0.5) is 0 Å². The highest BCUT2D eigenvalue weighted by molar-refractivity contribution is 7.52. The third kappa shape index (κ3) is 3.41. The van der Waals surface area contributed by atoms with Crippen LogP contribution in [0.15, 0.2) is 61.7 Å². The van der Waals surface area contributed by atoms with Crippen molar-refractivity contribution in [3.63, 3.8) is 0 Å². The van der Waals surface area contributed by atoms with Crippen molar-refractivity contribution in [2.45, 2.75) is 26.3 Å². The minimum Gasteiger partial charge on any atom is -0.404 e. The molecule has 0 aromatic heterocycles. The van der Waals surface area contributed by atoms with Crippen molar-refractivity contribution in [3.8, 4) is 11.5 Å². The fourth-order valence-corrected chi connectivity index (χ4v) is 4.66. The first-order chi connectivity index (χ1) is 12.0. The van der Waals surface area contributed by atoms with Crippen molar-refractivity contribution in [2.24, 2.45) is 0 Å². The summed E-state index contributed by atoms with van der Waals surface area (Å²) in [7, 11) is -3.60. The van der Waals surface area contributed by atoms with E-state index in [2.05, 4.69) is 18.2 Å². The zero-order valence-corrected chi connectivity index (χ0v) is 15.4. The first-order valence-electron chi connectivity index (χ1n) is 8.16. The molecule has 1 aliphatic heterocycles. The minimum atomic E-state index is -3.60. The largest absolute Gasteiger partial charge is 0.513 e. The Labute approximate surface area is 148 Å². The molecule has 0 amide bonds. The molecule has 0 fully saturated rings. The molecule has 4 nitrogen and oxygen atoms in total. The predicted molar refractivity (Wildman–Crippen MR) is 101 cm³/mol. The molecule has 2 atom stereocenters. The summed E-state index contributed by atoms with van der Waals surface area (Å²) in [4.78, 5) is 0. The van der Waals surface area contributed by atoms with Crippen molar-refractivity contribution in [1.29, 1.82) is 0 Å². The monoisotopic (exact) mass is 355 g/mol. The number of allylic oxidation sites excluding steroid dienone is 1. The Morgan fingerprint density at radius 3 is 2.64 bits per heavy atom. The number of nitrogens with one attached hydrogen (secondary N) is 1. The zero-order chi connectivity index (χ0) is 18.0. The van der Waals surface area contributed by atoms with Gasteiger partial charge < -0.3 is 9.05 Å². The number of fused-ring (bicyclic) bond motifs is 1. The van der Waals surface area contributed by atoms with Gasteiger partial charge in [-0.25, -0.2) is 4.57 Å². The molecule has 0 spiro atoms. The molecule has 5 heteroatoms. The van der Waals surface area contributed by atoms with Crippen molar-refractivity contribution in [3.05, 3.63) is 84.0 Å². The average molecular weight is 355 g/mol. The van der Waals surface area contributed by atoms with Crippen LogP contribution in [0.1, 0.15) is 28.3 Å². The highest BCUT2D eigenvalue weighted by Gasteiger charge is 2.39. The Morgan fingerprint density at radius 1 is 1.20 bits per heavy atom. The van der Waals surface area contributed by atoms with Gasteiger partial charge in [-0.3, -0.25) is 0 Å². The van der Waals surface area contributed by atoms with Crippen LogP contribution in [0.25, 0.3) is 0 Å². The molecule has 1 aliphatic rings. The molecule has 0 saturated carbocycles. The molecule has 2 unspecified atom stereocenters. The van der Waals surface area contributed by atoms with E-state index >= 15 is 0 Å². The van der Waals surface area contributed by atoms with Gasteiger partial charge in [-0.15, -0.1) is 13.2 Å². The van der Waals surface area contributed by atoms with Gasteiger partial charge in [-0.2, -0.15) is 5.09 Å². The van der Waals surface area contributed by atoms with E-state index in [1.807, 2.05) is 50.2 Å². The number of para-hydroxylation sites is 2. The van der Waals surface area contributed by atoms with Gasteiger partial charge in [0, 0.05) is 5.56 Å². The molecule has 2 aromatic rings. The predicted octanol–water partition coefficient (Wildman–Crippen LogP) is 5.43. The second-order valence-corrected chi connectivity index (χ2v) is 7.69. The quantitative estimate of drug-likeness (QED) is 0.574. The molecule has 0 saturated heterocycles. The van der Waals surface area contributed by atoms with Crippen LogP contribution in [-0.2, 0) is 11.0 Å². The summed E-state index contributed by atoms with van der Waals surface area (Å²) < 4.78 is 25.1. The molecule has 25 heavy (non-hydrogen) atoms. The molecule has 1 N–H and O–H groups in total. The topological polar surface area (TPSA) is 47.6 Å². The lowest BCUT2D eigenvalue weighted by Gasteiger charge is -2.32. The lowest BCUT2D eigenvalue weighted by atomic mass is 10.0. The summed E-state index contributed by atoms with van der Waals surface area (Å²) in [6.07, 6.45) is 4.12. The maximum absolute atomic E-state index is 13.4. The second-order valence-electron chi connectivity index (χ2n) is 6.07. The lowest BCUT2D eigenvalue weighted by Crippen LogP contribution is -2.28. The molecule has 0 bridgehead atoms. The highest BCUT2D eigenvalue weighted by Crippen LogP contribution is 2.54. The van der Waals surface area contributed by atoms with Crippen LogP contribution in [0, 0.1) is 13.8 Å². The van der Waals surface area contributed by atoms with Crippen LogP contribution in [0.3, 0.4) is 0 Å². The number of hydrogen-bond donors (Lipinski definition) is 1. The van der Waals surface area contributed by atoms with E-state index in [0.717, 1.165) is 22.3 Å². The summed E-state index contributed by atoms with van der Waals surface area (Å²) in [5, 5.41) is 2.98. The van der Waals surface area contributed by atoms with Gasteiger partial charge in [0.25, 0.3) is 0 Å². The fraction of sp³-hybridized carbons (Fsp3) is 0.200. The maximum Gasteiger partial charge on any atom is 0.513 e. The van der Waals surface area contributed by atoms with Crippen LogP contribution >= 0.6 is 7.75 Å². The van der Waals surface area contributed by atoms with E-state index in [1.54, 1.807) is 12.2 Å². The van der Waals surface area contributed by atoms with Gasteiger partial charge in [0.05, 0.1) is 6.04 Å². The molecule has 1 heterocycles. The Bertz CT molecular complexity index is 875. The van der Waals surface area contributed by atoms with Gasteiger partial charge in [0.15, 0.2) is 0 Å². The van der Waals surface area contributed by atoms with Crippen LogP contribution in [0.2, 0.25) is 0 Å². The fourth-order valence-electron chi connectivity index (χ4n) is 2.94. The van der Waals surface area contributed by atoms with Gasteiger partial charge in [0.1, 0.15) is 11.5 Å². The van der Waals surface area contributed by atoms with Gasteiger partial charge >= 0.3 is 7.75 Å². The molecule has 2 aromatic carbocycles. The molecule has 3 rings (SSSR count). The van der Waals surface area contributed by atoms with Gasteiger partial charge in [0.2, 0.25) is 0 Å². The Morgan fingerprint density at radius 2 is 1.92 bits per heavy atom. The van der Waals surface area contributed by atoms with Crippen molar-refractivity contribution in [2.75, 3.05) is 0 Å². The SMILES string of the molecule is C=CCc1cccc(C)c1OP1(=O)NC(C=C)c2cccc(C)c2O1. The number of hydrogen-bond acceptors (Lipinski definition) is 3. The number of rotatable bonds is 5. The van der Waals surface area contributed by atoms with Crippen LogP contribution in [-0.4, -0.2) is 0 Å². The van der Waals surface area contributed by atoms with Crippen molar-refractivity contribution >= 4 is 7.75 Å². The maximum atomic E-state index is 13.4. The highest BCUT2D eigenvalue weighted by atomic mass is 31.2. The number of aryl methyl sites for hydroxylation is 2. The van der Waals surface area contributed by atoms with Gasteiger partial charge in [-0.05, 0) is 37.0 Å². The molecule has 0 aliphatic carbocycles. The molecular weight excluding hydrogens is 333 g/mol. The summed E-state index contributed by atoms with van der Waals surface area (Å²) in [5.74, 6) is 1.16. The zero-order valence-electron chi connectivity index (χ0n) is 14.5. The van der Waals surface area contributed by atoms with E-state index in [-0.39, 0.29) is 6.04 Å². The Balaban J connectivity index is 2.02. The van der Waals surface area contributed by atoms with E-state index in [1.165, 1.54) is 0 Å². The minimum absolute atomic E-state index is 0.304. The summed E-state index contributed by atoms with van der Waals surface area (Å²) >= 11 is 0. The molecule has 0 radical (unpaired) electrons. The normalized spacial score (nSPS) is 21.8. The standard InChI is InChI=1S/C20H22NO3P/c1-5-9-16-12-7-10-14(3)19(16)23-25(22)21-18(6-2)17-13-8-11-15(4)20(17)24-25/h5-8,10-13,18H,1-2,9H2,3-4H3,(H,21,22). The Hall–Kier alpha value is -2.29. The van der Waals surface area contributed by atoms with Crippen LogP contribution < -0.4 is 14.1 Å². The van der Waals surface area contributed by atoms with Crippen LogP contribution in [0.5, 0.6) is 11.5 Å². The third-order valence-corrected chi connectivity index (χ3v) is 5.63. The molecule has 130 valence electrons. The van der Waals surface area contributed by atoms with E-state index in [0.29, 0.717) is 17.9 Å². The van der Waals surface area contributed by atoms with E-state index < -0.39 is 7.75 Å². The van der Waals surface area contributed by atoms with Crippen molar-refractivity contribution in [1.82, 2.24) is 5.09 Å².